The molecule has 1 N–H and O–H groups in total. The van der Waals surface area contributed by atoms with E-state index < -0.39 is 5.97 Å². The minimum Gasteiger partial charge on any atom is -0.494 e. The quantitative estimate of drug-likeness (QED) is 0.0635. The molecule has 14 rings (SSSR count). The van der Waals surface area contributed by atoms with Crippen LogP contribution in [0.2, 0.25) is 0 Å². The molecule has 0 fully saturated rings. The molecule has 6 aromatic carbocycles. The van der Waals surface area contributed by atoms with E-state index in [1.54, 1.807) is 22.9 Å². The van der Waals surface area contributed by atoms with Gasteiger partial charge in [-0.25, -0.2) is 24.1 Å². The molecule has 8 heterocycles. The number of aromatic nitrogens is 8. The molecule has 0 spiro atoms. The largest absolute Gasteiger partial charge is 0.494 e. The molecule has 496 valence electrons. The van der Waals surface area contributed by atoms with Crippen LogP contribution in [0, 0.1) is 12.1 Å². The van der Waals surface area contributed by atoms with Crippen molar-refractivity contribution in [1.82, 2.24) is 45.3 Å². The number of benzene rings is 5. The van der Waals surface area contributed by atoms with E-state index in [1.165, 1.54) is 43.1 Å². The first kappa shape index (κ1) is 68.7. The molecule has 96 heavy (non-hydrogen) atoms. The zero-order valence-electron chi connectivity index (χ0n) is 56.8. The average molecular weight is 1290 g/mol. The molecule has 10 aromatic rings. The van der Waals surface area contributed by atoms with Crippen LogP contribution in [0.5, 0.6) is 28.7 Å². The number of rotatable bonds is 18. The molecule has 4 aliphatic rings. The molecule has 0 amide bonds. The third kappa shape index (κ3) is 20.2. The number of esters is 1. The second-order valence-electron chi connectivity index (χ2n) is 26.0. The van der Waals surface area contributed by atoms with Crippen molar-refractivity contribution in [3.8, 4) is 62.8 Å². The summed E-state index contributed by atoms with van der Waals surface area (Å²) in [6.45, 7) is 20.0. The minimum atomic E-state index is -0.431. The number of methoxy groups -OCH3 is 1. The Morgan fingerprint density at radius 2 is 1.17 bits per heavy atom. The second kappa shape index (κ2) is 33.8. The topological polar surface area (TPSA) is 172 Å². The van der Waals surface area contributed by atoms with Gasteiger partial charge in [-0.2, -0.15) is 0 Å². The molecule has 0 saturated carbocycles. The Balaban J connectivity index is 0.000000236. The van der Waals surface area contributed by atoms with E-state index in [-0.39, 0.29) is 10.8 Å². The van der Waals surface area contributed by atoms with Gasteiger partial charge in [0, 0.05) is 42.4 Å². The first-order chi connectivity index (χ1) is 46.6. The van der Waals surface area contributed by atoms with E-state index in [0.717, 1.165) is 127 Å². The lowest BCUT2D eigenvalue weighted by molar-refractivity contribution is 0.0599. The van der Waals surface area contributed by atoms with Crippen molar-refractivity contribution in [3.63, 3.8) is 0 Å². The van der Waals surface area contributed by atoms with Crippen LogP contribution in [-0.4, -0.2) is 86.1 Å². The fourth-order valence-electron chi connectivity index (χ4n) is 10.6. The number of nitrogens with zero attached hydrogens (tertiary/aromatic N) is 8. The van der Waals surface area contributed by atoms with Crippen molar-refractivity contribution in [2.45, 2.75) is 137 Å². The summed E-state index contributed by atoms with van der Waals surface area (Å²) in [5.74, 6) is 3.13. The summed E-state index contributed by atoms with van der Waals surface area (Å²) in [7, 11) is 1.36. The van der Waals surface area contributed by atoms with Gasteiger partial charge in [0.2, 0.25) is 0 Å². The summed E-state index contributed by atoms with van der Waals surface area (Å²) >= 11 is 0. The van der Waals surface area contributed by atoms with Crippen molar-refractivity contribution in [2.24, 2.45) is 0 Å². The lowest BCUT2D eigenvalue weighted by Gasteiger charge is -2.26. The van der Waals surface area contributed by atoms with E-state index in [0.29, 0.717) is 60.6 Å². The van der Waals surface area contributed by atoms with Crippen molar-refractivity contribution >= 4 is 17.6 Å². The van der Waals surface area contributed by atoms with Crippen LogP contribution in [0.15, 0.2) is 176 Å². The number of unbranched alkanes of at least 4 members (excludes halogenated alkanes) is 3. The molecular weight excluding hydrogens is 1200 g/mol. The highest BCUT2D eigenvalue weighted by molar-refractivity contribution is 5.90. The molecule has 4 aliphatic heterocycles. The molecule has 0 unspecified atom stereocenters. The smallest absolute Gasteiger partial charge is 0.338 e. The maximum Gasteiger partial charge on any atom is 0.338 e. The normalized spacial score (nSPS) is 13.1. The Labute approximate surface area is 566 Å². The number of hydrogen-bond donors (Lipinski definition) is 1. The van der Waals surface area contributed by atoms with Crippen LogP contribution in [0.25, 0.3) is 45.7 Å². The maximum atomic E-state index is 12.2. The number of nitrogens with one attached hydrogen (secondary N) is 1. The van der Waals surface area contributed by atoms with Gasteiger partial charge in [0.1, 0.15) is 34.4 Å². The number of carbonyl (C=O) groups is 1. The van der Waals surface area contributed by atoms with Crippen LogP contribution in [0.3, 0.4) is 0 Å². The summed E-state index contributed by atoms with van der Waals surface area (Å²) in [6.07, 6.45) is 16.0. The van der Waals surface area contributed by atoms with Crippen molar-refractivity contribution in [2.75, 3.05) is 40.1 Å². The lowest BCUT2D eigenvalue weighted by Crippen LogP contribution is -2.17. The summed E-state index contributed by atoms with van der Waals surface area (Å²) in [6, 6.07) is 60.5. The van der Waals surface area contributed by atoms with Crippen molar-refractivity contribution in [3.05, 3.63) is 233 Å². The Hall–Kier alpha value is -10.1. The van der Waals surface area contributed by atoms with Gasteiger partial charge in [-0.1, -0.05) is 151 Å². The fraction of sp³-hybridized carbons (Fsp3) is 0.338. The van der Waals surface area contributed by atoms with E-state index in [2.05, 4.69) is 147 Å². The Bertz CT molecular complexity index is 4080. The third-order valence-corrected chi connectivity index (χ3v) is 16.3. The Morgan fingerprint density at radius 3 is 1.80 bits per heavy atom. The molecule has 0 radical (unpaired) electrons. The van der Waals surface area contributed by atoms with Gasteiger partial charge >= 0.3 is 5.97 Å². The minimum absolute atomic E-state index is 0.0398. The SMILES string of the molecule is CCCCOc1cc(OCCCCCOc2c#ccc(-n3cc(/C(=C/c4ccccc4)c4cn(-c5cc(C(C)(C)C)cc(C(C)(C)C)c5)nn4)nn3)c2)cc(C(=O)OC)c1.c1cc2nc(c1)-c1cccc(n1)-c1ccc(cc1)OCCCCCCCOc1ccc(cc1)CNC2. The predicted octanol–water partition coefficient (Wildman–Crippen LogP) is 17.0. The second-order valence-corrected chi connectivity index (χ2v) is 26.0. The van der Waals surface area contributed by atoms with E-state index >= 15 is 0 Å². The van der Waals surface area contributed by atoms with E-state index in [4.69, 9.17) is 38.4 Å². The third-order valence-electron chi connectivity index (χ3n) is 16.3. The van der Waals surface area contributed by atoms with Gasteiger partial charge in [-0.3, -0.25) is 0 Å². The monoisotopic (exact) mass is 1290 g/mol. The van der Waals surface area contributed by atoms with Gasteiger partial charge in [0.15, 0.2) is 5.75 Å². The van der Waals surface area contributed by atoms with E-state index in [9.17, 15) is 4.79 Å². The number of carbonyl (C=O) groups excluding carboxylic acids is 1. The van der Waals surface area contributed by atoms with Crippen LogP contribution in [-0.2, 0) is 28.7 Å². The number of hydrogen-bond acceptors (Lipinski definition) is 14. The maximum absolute atomic E-state index is 12.2. The molecule has 16 nitrogen and oxygen atoms in total. The molecule has 4 aromatic heterocycles. The van der Waals surface area contributed by atoms with Crippen molar-refractivity contribution in [1.29, 1.82) is 0 Å². The lowest BCUT2D eigenvalue weighted by atomic mass is 9.80. The molecule has 8 bridgehead atoms. The first-order valence-electron chi connectivity index (χ1n) is 33.6. The summed E-state index contributed by atoms with van der Waals surface area (Å²) in [5.41, 5.74) is 13.5. The summed E-state index contributed by atoms with van der Waals surface area (Å²) in [4.78, 5) is 21.9. The Morgan fingerprint density at radius 1 is 0.583 bits per heavy atom. The number of pyridine rings is 2. The van der Waals surface area contributed by atoms with Gasteiger partial charge in [-0.05, 0) is 169 Å². The average Bonchev–Trinajstić information content (AvgIpc) is 1.52. The molecule has 16 heteroatoms. The highest BCUT2D eigenvalue weighted by Gasteiger charge is 2.23. The summed E-state index contributed by atoms with van der Waals surface area (Å²) in [5, 5.41) is 21.9. The fourth-order valence-corrected chi connectivity index (χ4v) is 10.6. The van der Waals surface area contributed by atoms with Gasteiger partial charge in [0.05, 0.1) is 92.3 Å². The standard InChI is InChI=1S/C49H56N6O5.C31H33N3O2/c1-9-10-22-59-42-26-36(47(56)57-8)27-43(32-42)60-24-16-12-15-23-58-41-21-17-20-39(31-41)54-33-45(50-52-54)44(25-35-18-13-11-14-19-35)46-34-55(53-51-46)40-29-37(48(2,3)4)28-38(30-40)49(5,6)7;1-2-4-20-35-27-16-12-24(13-17-27)22-32-23-26-8-6-10-30(33-26)31-11-7-9-29(34-31)25-14-18-28(19-15-25)36-21-5-3-1/h11,13-14,18-20,25-34H,9-10,12,15-16,22-24H2,1-8H3;6-19,32H,1-5,20-23H2/b44-25-;. The van der Waals surface area contributed by atoms with Gasteiger partial charge < -0.3 is 33.7 Å². The van der Waals surface area contributed by atoms with Crippen LogP contribution in [0.4, 0.5) is 0 Å². The molecule has 0 saturated heterocycles. The van der Waals surface area contributed by atoms with Gasteiger partial charge in [-0.15, -0.1) is 10.2 Å². The highest BCUT2D eigenvalue weighted by atomic mass is 16.5. The van der Waals surface area contributed by atoms with Gasteiger partial charge in [0.25, 0.3) is 0 Å². The molecular formula is C80H89N9O7. The highest BCUT2D eigenvalue weighted by Crippen LogP contribution is 2.33. The van der Waals surface area contributed by atoms with E-state index in [1.807, 2.05) is 108 Å². The molecule has 0 atom stereocenters. The van der Waals surface area contributed by atoms with Crippen LogP contribution >= 0.6 is 0 Å². The first-order valence-corrected chi connectivity index (χ1v) is 33.6. The van der Waals surface area contributed by atoms with Crippen LogP contribution in [0.1, 0.15) is 162 Å². The molecule has 0 aliphatic carbocycles. The zero-order valence-corrected chi connectivity index (χ0v) is 56.8. The Kier molecular flexibility index (Phi) is 24.2. The summed E-state index contributed by atoms with van der Waals surface area (Å²) < 4.78 is 38.2. The number of ether oxygens (including phenoxy) is 6. The van der Waals surface area contributed by atoms with Crippen molar-refractivity contribution < 1.29 is 33.2 Å². The zero-order chi connectivity index (χ0) is 67.1. The van der Waals surface area contributed by atoms with Crippen LogP contribution < -0.4 is 29.0 Å². The predicted molar refractivity (Wildman–Crippen MR) is 378 cm³/mol.